The average molecular weight is 448 g/mol. The number of allylic oxidation sites excluding steroid dienone is 1. The Morgan fingerprint density at radius 3 is 2.78 bits per heavy atom. The van der Waals surface area contributed by atoms with Crippen molar-refractivity contribution in [3.8, 4) is 11.5 Å². The fourth-order valence-corrected chi connectivity index (χ4v) is 4.21. The van der Waals surface area contributed by atoms with Gasteiger partial charge in [-0.25, -0.2) is 4.39 Å². The molecular weight excluding hydrogens is 429 g/mol. The predicted molar refractivity (Wildman–Crippen MR) is 123 cm³/mol. The molecule has 0 bridgehead atoms. The minimum atomic E-state index is -0.399. The van der Waals surface area contributed by atoms with Crippen LogP contribution in [0.3, 0.4) is 0 Å². The van der Waals surface area contributed by atoms with Crippen molar-refractivity contribution in [1.29, 1.82) is 0 Å². The van der Waals surface area contributed by atoms with Crippen LogP contribution in [0.2, 0.25) is 5.02 Å². The van der Waals surface area contributed by atoms with Gasteiger partial charge in [-0.1, -0.05) is 35.9 Å². The van der Waals surface area contributed by atoms with Crippen LogP contribution in [0.4, 0.5) is 4.39 Å². The first-order chi connectivity index (χ1) is 15.4. The molecule has 6 heteroatoms. The normalized spacial score (nSPS) is 14.1. The molecule has 0 saturated carbocycles. The molecule has 32 heavy (non-hydrogen) atoms. The van der Waals surface area contributed by atoms with Crippen molar-refractivity contribution in [2.24, 2.45) is 7.05 Å². The van der Waals surface area contributed by atoms with Crippen molar-refractivity contribution in [3.63, 3.8) is 0 Å². The molecule has 1 aliphatic heterocycles. The molecule has 5 rings (SSSR count). The number of aromatic nitrogens is 1. The molecule has 0 spiro atoms. The monoisotopic (exact) mass is 447 g/mol. The highest BCUT2D eigenvalue weighted by atomic mass is 35.5. The van der Waals surface area contributed by atoms with Gasteiger partial charge in [-0.3, -0.25) is 4.79 Å². The van der Waals surface area contributed by atoms with E-state index in [9.17, 15) is 9.18 Å². The van der Waals surface area contributed by atoms with E-state index in [1.54, 1.807) is 24.3 Å². The fraction of sp³-hybridized carbons (Fsp3) is 0.115. The topological polar surface area (TPSA) is 40.5 Å². The molecule has 0 amide bonds. The van der Waals surface area contributed by atoms with E-state index in [4.69, 9.17) is 21.1 Å². The van der Waals surface area contributed by atoms with E-state index in [0.717, 1.165) is 22.0 Å². The molecule has 0 fully saturated rings. The molecule has 4 aromatic rings. The van der Waals surface area contributed by atoms with Crippen LogP contribution in [-0.4, -0.2) is 10.4 Å². The Balaban J connectivity index is 1.43. The first-order valence-electron chi connectivity index (χ1n) is 10.1. The number of nitrogens with zero attached hydrogens (tertiary/aromatic N) is 1. The highest BCUT2D eigenvalue weighted by Gasteiger charge is 2.30. The van der Waals surface area contributed by atoms with Crippen LogP contribution in [0.15, 0.2) is 66.6 Å². The van der Waals surface area contributed by atoms with Gasteiger partial charge in [-0.05, 0) is 42.8 Å². The summed E-state index contributed by atoms with van der Waals surface area (Å²) in [5.74, 6) is 0.726. The number of ether oxygens (including phenoxy) is 2. The summed E-state index contributed by atoms with van der Waals surface area (Å²) in [6.07, 6.45) is 3.76. The molecule has 0 saturated heterocycles. The SMILES string of the molecule is Cc1cc(OCc2ccc(F)cc2Cl)cc2c1C(=O)/C(=C/c1cn(C)c3ccccc13)O2. The van der Waals surface area contributed by atoms with Gasteiger partial charge in [0.2, 0.25) is 5.78 Å². The van der Waals surface area contributed by atoms with Crippen LogP contribution in [-0.2, 0) is 13.7 Å². The number of aryl methyl sites for hydroxylation is 2. The van der Waals surface area contributed by atoms with Gasteiger partial charge in [0.15, 0.2) is 5.76 Å². The third-order valence-corrected chi connectivity index (χ3v) is 5.92. The lowest BCUT2D eigenvalue weighted by atomic mass is 10.0. The van der Waals surface area contributed by atoms with E-state index in [1.807, 2.05) is 49.0 Å². The van der Waals surface area contributed by atoms with E-state index in [-0.39, 0.29) is 18.1 Å². The summed E-state index contributed by atoms with van der Waals surface area (Å²) in [5, 5.41) is 1.35. The maximum atomic E-state index is 13.3. The molecule has 1 aromatic heterocycles. The summed E-state index contributed by atoms with van der Waals surface area (Å²) in [6.45, 7) is 2.02. The number of carbonyl (C=O) groups excluding carboxylic acids is 1. The van der Waals surface area contributed by atoms with Crippen LogP contribution in [0, 0.1) is 12.7 Å². The molecule has 4 nitrogen and oxygen atoms in total. The molecule has 2 heterocycles. The van der Waals surface area contributed by atoms with E-state index in [1.165, 1.54) is 12.1 Å². The first-order valence-corrected chi connectivity index (χ1v) is 10.5. The van der Waals surface area contributed by atoms with Gasteiger partial charge in [0.05, 0.1) is 10.6 Å². The lowest BCUT2D eigenvalue weighted by Gasteiger charge is -2.10. The van der Waals surface area contributed by atoms with Crippen LogP contribution in [0.1, 0.15) is 27.0 Å². The first kappa shape index (κ1) is 20.3. The molecule has 3 aromatic carbocycles. The zero-order valence-electron chi connectivity index (χ0n) is 17.5. The number of para-hydroxylation sites is 1. The van der Waals surface area contributed by atoms with Crippen molar-refractivity contribution < 1.29 is 18.7 Å². The second-order valence-electron chi connectivity index (χ2n) is 7.79. The molecule has 1 aliphatic rings. The van der Waals surface area contributed by atoms with Gasteiger partial charge in [0, 0.05) is 41.3 Å². The number of benzene rings is 3. The van der Waals surface area contributed by atoms with Gasteiger partial charge >= 0.3 is 0 Å². The zero-order chi connectivity index (χ0) is 22.4. The van der Waals surface area contributed by atoms with E-state index >= 15 is 0 Å². The average Bonchev–Trinajstić information content (AvgIpc) is 3.25. The number of rotatable bonds is 4. The van der Waals surface area contributed by atoms with Crippen molar-refractivity contribution in [1.82, 2.24) is 4.57 Å². The number of hydrogen-bond acceptors (Lipinski definition) is 3. The maximum absolute atomic E-state index is 13.3. The van der Waals surface area contributed by atoms with Crippen LogP contribution in [0.5, 0.6) is 11.5 Å². The van der Waals surface area contributed by atoms with E-state index < -0.39 is 5.82 Å². The van der Waals surface area contributed by atoms with Crippen molar-refractivity contribution in [3.05, 3.63) is 99.6 Å². The molecule has 160 valence electrons. The molecule has 0 radical (unpaired) electrons. The second-order valence-corrected chi connectivity index (χ2v) is 8.20. The minimum absolute atomic E-state index is 0.154. The summed E-state index contributed by atoms with van der Waals surface area (Å²) >= 11 is 6.08. The molecular formula is C26H19ClFNO3. The summed E-state index contributed by atoms with van der Waals surface area (Å²) < 4.78 is 27.1. The number of halogens is 2. The van der Waals surface area contributed by atoms with Gasteiger partial charge in [-0.2, -0.15) is 0 Å². The summed E-state index contributed by atoms with van der Waals surface area (Å²) in [7, 11) is 1.97. The highest BCUT2D eigenvalue weighted by Crippen LogP contribution is 2.38. The minimum Gasteiger partial charge on any atom is -0.489 e. The number of Topliss-reactive ketones (excluding diaryl/α,β-unsaturated/α-hetero) is 1. The van der Waals surface area contributed by atoms with Crippen LogP contribution in [0.25, 0.3) is 17.0 Å². The Hall–Kier alpha value is -3.57. The lowest BCUT2D eigenvalue weighted by Crippen LogP contribution is -2.00. The predicted octanol–water partition coefficient (Wildman–Crippen LogP) is 6.47. The number of ketones is 1. The summed E-state index contributed by atoms with van der Waals surface area (Å²) in [5.41, 5.74) is 3.95. The van der Waals surface area contributed by atoms with Gasteiger partial charge in [-0.15, -0.1) is 0 Å². The van der Waals surface area contributed by atoms with Crippen molar-refractivity contribution in [2.75, 3.05) is 0 Å². The van der Waals surface area contributed by atoms with Gasteiger partial charge in [0.1, 0.15) is 23.9 Å². The Kier molecular flexibility index (Phi) is 4.98. The van der Waals surface area contributed by atoms with Crippen molar-refractivity contribution in [2.45, 2.75) is 13.5 Å². The molecule has 0 unspecified atom stereocenters. The Bertz CT molecular complexity index is 1420. The summed E-state index contributed by atoms with van der Waals surface area (Å²) in [6, 6.07) is 15.7. The largest absolute Gasteiger partial charge is 0.489 e. The fourth-order valence-electron chi connectivity index (χ4n) is 3.99. The standard InChI is InChI=1S/C26H19ClFNO3/c1-15-9-19(31-14-16-7-8-18(28)11-21(16)27)12-23-25(15)26(30)24(32-23)10-17-13-29(2)22-6-4-3-5-20(17)22/h3-13H,14H2,1-2H3/b24-10-. The lowest BCUT2D eigenvalue weighted by molar-refractivity contribution is 0.101. The second kappa shape index (κ2) is 7.84. The Morgan fingerprint density at radius 1 is 1.16 bits per heavy atom. The van der Waals surface area contributed by atoms with Crippen molar-refractivity contribution >= 4 is 34.4 Å². The van der Waals surface area contributed by atoms with Gasteiger partial charge in [0.25, 0.3) is 0 Å². The Labute approximate surface area is 189 Å². The van der Waals surface area contributed by atoms with Crippen LogP contribution < -0.4 is 9.47 Å². The zero-order valence-corrected chi connectivity index (χ0v) is 18.2. The number of hydrogen-bond donors (Lipinski definition) is 0. The van der Waals surface area contributed by atoms with Crippen LogP contribution >= 0.6 is 11.6 Å². The van der Waals surface area contributed by atoms with E-state index in [2.05, 4.69) is 0 Å². The Morgan fingerprint density at radius 2 is 1.97 bits per heavy atom. The third-order valence-electron chi connectivity index (χ3n) is 5.57. The number of carbonyl (C=O) groups is 1. The summed E-state index contributed by atoms with van der Waals surface area (Å²) in [4.78, 5) is 13.0. The van der Waals surface area contributed by atoms with Gasteiger partial charge < -0.3 is 14.0 Å². The highest BCUT2D eigenvalue weighted by molar-refractivity contribution is 6.31. The van der Waals surface area contributed by atoms with E-state index in [0.29, 0.717) is 27.6 Å². The molecule has 0 aliphatic carbocycles. The quantitative estimate of drug-likeness (QED) is 0.336. The molecule has 0 atom stereocenters. The smallest absolute Gasteiger partial charge is 0.232 e. The number of fused-ring (bicyclic) bond motifs is 2. The third kappa shape index (κ3) is 3.55. The molecule has 0 N–H and O–H groups in total. The maximum Gasteiger partial charge on any atom is 0.232 e.